The lowest BCUT2D eigenvalue weighted by Gasteiger charge is -2.26. The molecule has 3 amide bonds. The number of nitrogens with one attached hydrogen (secondary N) is 6. The highest BCUT2D eigenvalue weighted by atomic mass is 35.5. The number of para-hydroxylation sites is 1. The highest BCUT2D eigenvalue weighted by Crippen LogP contribution is 2.39. The predicted molar refractivity (Wildman–Crippen MR) is 406 cm³/mol. The Hall–Kier alpha value is -11.0. The van der Waals surface area contributed by atoms with Crippen LogP contribution in [0.5, 0.6) is 40.2 Å². The summed E-state index contributed by atoms with van der Waals surface area (Å²) in [4.78, 5) is 67.4. The first-order valence-electron chi connectivity index (χ1n) is 33.8. The van der Waals surface area contributed by atoms with Crippen molar-refractivity contribution in [2.45, 2.75) is 32.3 Å². The number of hydrogen-bond acceptors (Lipinski definition) is 22. The average molecular weight is 1450 g/mol. The Kier molecular flexibility index (Phi) is 26.6. The van der Waals surface area contributed by atoms with Gasteiger partial charge in [0.1, 0.15) is 70.6 Å². The minimum absolute atomic E-state index is 0.0145. The molecule has 7 heterocycles. The number of pyridine rings is 2. The molecular formula is C77H80Cl2N14O11. The van der Waals surface area contributed by atoms with Gasteiger partial charge in [-0.25, -0.2) is 19.9 Å². The molecule has 13 rings (SSSR count). The van der Waals surface area contributed by atoms with Gasteiger partial charge < -0.3 is 69.8 Å². The quantitative estimate of drug-likeness (QED) is 0.0206. The second kappa shape index (κ2) is 37.2. The fraction of sp³-hybridized carbons (Fsp3) is 0.260. The number of anilines is 8. The number of aromatic nitrogens is 6. The molecule has 3 fully saturated rings. The van der Waals surface area contributed by atoms with Gasteiger partial charge in [-0.3, -0.25) is 34.2 Å². The number of amides is 3. The summed E-state index contributed by atoms with van der Waals surface area (Å²) in [6.07, 6.45) is 11.3. The molecule has 3 aliphatic heterocycles. The third kappa shape index (κ3) is 21.1. The number of rotatable bonds is 27. The van der Waals surface area contributed by atoms with E-state index in [1.165, 1.54) is 24.8 Å². The highest BCUT2D eigenvalue weighted by Gasteiger charge is 2.22. The van der Waals surface area contributed by atoms with Crippen molar-refractivity contribution in [3.63, 3.8) is 0 Å². The number of morpholine rings is 2. The molecule has 6 aromatic carbocycles. The van der Waals surface area contributed by atoms with Gasteiger partial charge in [-0.2, -0.15) is 0 Å². The van der Waals surface area contributed by atoms with E-state index in [-0.39, 0.29) is 23.0 Å². The van der Waals surface area contributed by atoms with Gasteiger partial charge in [-0.05, 0) is 123 Å². The summed E-state index contributed by atoms with van der Waals surface area (Å²) in [5, 5.41) is 20.7. The number of carbonyl (C=O) groups is 3. The van der Waals surface area contributed by atoms with Crippen molar-refractivity contribution in [3.8, 4) is 40.2 Å². The molecule has 538 valence electrons. The summed E-state index contributed by atoms with van der Waals surface area (Å²) in [7, 11) is 1.84. The fourth-order valence-corrected chi connectivity index (χ4v) is 11.4. The number of nitrogens with zero attached hydrogens (tertiary/aromatic N) is 8. The van der Waals surface area contributed by atoms with Gasteiger partial charge in [0, 0.05) is 116 Å². The Morgan fingerprint density at radius 3 is 1.67 bits per heavy atom. The standard InChI is InChI=1S/C30H30Cl2N6O4.C30H31N5O4.C17H19N3O3/c1-19-4-6-22(17-33-19)42-27-7-5-21(14-24(27)32)36-29-23-15-26(37-30(39)20(2)31)28(16-25(23)34-18-35-29)41-11-3-8-38-9-12-40-13-10-38;1-2-29(36)34-27-19-25-26(20-28(27)38-16-6-13-35-14-17-37-18-15-35)31-21-32-30(25)33-22-9-11-24(12-10-22)39-23-7-4-3-5-8-23;1-3-17(21)20-15-8-12-13(18-2)4-6-19-14(12)9-16(15)23-11-5-7-22-10-11/h4-7,14-18H,2-3,8-13H2,1H3,(H,37,39)(H,34,35,36);2-5,7-12,19-21H,1,6,13-18H2,(H,34,36)(H,31,32,33);3-4,6,8-9,11H,1,5,7,10H2,2H3,(H,18,19)(H,20,21)/t;;11-/m..0/s1. The van der Waals surface area contributed by atoms with Gasteiger partial charge in [0.25, 0.3) is 5.91 Å². The molecule has 0 aliphatic carbocycles. The third-order valence-corrected chi connectivity index (χ3v) is 17.0. The van der Waals surface area contributed by atoms with Crippen LogP contribution in [0.25, 0.3) is 32.7 Å². The van der Waals surface area contributed by atoms with E-state index in [9.17, 15) is 14.4 Å². The van der Waals surface area contributed by atoms with Crippen LogP contribution in [0, 0.1) is 6.92 Å². The number of carbonyl (C=O) groups excluding carboxylic acids is 3. The first-order chi connectivity index (χ1) is 50.7. The molecular weight excluding hydrogens is 1370 g/mol. The summed E-state index contributed by atoms with van der Waals surface area (Å²) >= 11 is 12.4. The molecule has 104 heavy (non-hydrogen) atoms. The minimum Gasteiger partial charge on any atom is -0.491 e. The van der Waals surface area contributed by atoms with Crippen molar-refractivity contribution in [1.29, 1.82) is 0 Å². The maximum atomic E-state index is 12.4. The predicted octanol–water partition coefficient (Wildman–Crippen LogP) is 14.3. The number of benzene rings is 6. The number of hydrogen-bond donors (Lipinski definition) is 6. The van der Waals surface area contributed by atoms with E-state index in [1.54, 1.807) is 36.7 Å². The lowest BCUT2D eigenvalue weighted by Crippen LogP contribution is -2.37. The van der Waals surface area contributed by atoms with Crippen molar-refractivity contribution >= 4 is 119 Å². The molecule has 0 radical (unpaired) electrons. The Bertz CT molecular complexity index is 4620. The van der Waals surface area contributed by atoms with E-state index in [4.69, 9.17) is 61.1 Å². The number of halogens is 2. The summed E-state index contributed by atoms with van der Waals surface area (Å²) in [6, 6.07) is 39.0. The zero-order chi connectivity index (χ0) is 72.6. The molecule has 6 N–H and O–H groups in total. The van der Waals surface area contributed by atoms with Crippen LogP contribution in [0.15, 0.2) is 189 Å². The largest absolute Gasteiger partial charge is 0.491 e. The molecule has 25 nitrogen and oxygen atoms in total. The Morgan fingerprint density at radius 1 is 0.567 bits per heavy atom. The maximum Gasteiger partial charge on any atom is 0.266 e. The lowest BCUT2D eigenvalue weighted by atomic mass is 10.1. The normalized spacial score (nSPS) is 14.3. The van der Waals surface area contributed by atoms with Crippen LogP contribution < -0.4 is 55.6 Å². The molecule has 0 spiro atoms. The molecule has 0 saturated carbocycles. The van der Waals surface area contributed by atoms with Gasteiger partial charge in [0.05, 0.1) is 103 Å². The molecule has 4 aromatic heterocycles. The van der Waals surface area contributed by atoms with Crippen LogP contribution in [-0.4, -0.2) is 163 Å². The lowest BCUT2D eigenvalue weighted by molar-refractivity contribution is -0.113. The van der Waals surface area contributed by atoms with Crippen molar-refractivity contribution in [2.75, 3.05) is 131 Å². The monoisotopic (exact) mass is 1450 g/mol. The van der Waals surface area contributed by atoms with Crippen molar-refractivity contribution in [3.05, 3.63) is 200 Å². The van der Waals surface area contributed by atoms with E-state index in [2.05, 4.69) is 91.3 Å². The smallest absolute Gasteiger partial charge is 0.266 e. The van der Waals surface area contributed by atoms with E-state index in [0.29, 0.717) is 111 Å². The minimum atomic E-state index is -0.535. The zero-order valence-corrected chi connectivity index (χ0v) is 59.1. The molecule has 27 heteroatoms. The molecule has 0 unspecified atom stereocenters. The van der Waals surface area contributed by atoms with Crippen molar-refractivity contribution in [2.24, 2.45) is 0 Å². The topological polar surface area (TPSA) is 281 Å². The van der Waals surface area contributed by atoms with E-state index in [0.717, 1.165) is 130 Å². The zero-order valence-electron chi connectivity index (χ0n) is 57.6. The Labute approximate surface area is 611 Å². The molecule has 10 aromatic rings. The second-order valence-electron chi connectivity index (χ2n) is 23.9. The number of fused-ring (bicyclic) bond motifs is 3. The van der Waals surface area contributed by atoms with Gasteiger partial charge >= 0.3 is 0 Å². The van der Waals surface area contributed by atoms with Crippen LogP contribution in [-0.2, 0) is 28.6 Å². The number of ether oxygens (including phenoxy) is 8. The van der Waals surface area contributed by atoms with Crippen molar-refractivity contribution in [1.82, 2.24) is 39.7 Å². The Morgan fingerprint density at radius 2 is 1.12 bits per heavy atom. The van der Waals surface area contributed by atoms with E-state index < -0.39 is 5.91 Å². The first-order valence-corrected chi connectivity index (χ1v) is 34.6. The second-order valence-corrected chi connectivity index (χ2v) is 24.7. The summed E-state index contributed by atoms with van der Waals surface area (Å²) in [5.41, 5.74) is 6.99. The van der Waals surface area contributed by atoms with Gasteiger partial charge in [-0.15, -0.1) is 0 Å². The Balaban J connectivity index is 0.000000163. The van der Waals surface area contributed by atoms with Crippen LogP contribution in [0.2, 0.25) is 5.02 Å². The van der Waals surface area contributed by atoms with Crippen LogP contribution in [0.4, 0.5) is 45.8 Å². The SMILES string of the molecule is C=C(Cl)C(=O)Nc1cc2c(Nc3ccc(Oc4ccc(C)nc4)c(Cl)c3)ncnc2cc1OCCCN1CCOCC1.C=CC(=O)Nc1cc2c(NC)ccnc2cc1O[C@H]1CCOC1.C=CC(=O)Nc1cc2c(Nc3ccc(Oc4ccccc4)cc3)ncnc2cc1OCCCN1CCOCC1. The number of aryl methyl sites for hydroxylation is 1. The van der Waals surface area contributed by atoms with Gasteiger partial charge in [0.2, 0.25) is 11.8 Å². The van der Waals surface area contributed by atoms with E-state index >= 15 is 0 Å². The molecule has 0 bridgehead atoms. The first kappa shape index (κ1) is 74.2. The maximum absolute atomic E-state index is 12.4. The summed E-state index contributed by atoms with van der Waals surface area (Å²) in [6.45, 7) is 23.2. The van der Waals surface area contributed by atoms with Crippen LogP contribution in [0.1, 0.15) is 25.0 Å². The molecule has 1 atom stereocenters. The van der Waals surface area contributed by atoms with Crippen LogP contribution in [0.3, 0.4) is 0 Å². The van der Waals surface area contributed by atoms with Crippen LogP contribution >= 0.6 is 23.2 Å². The highest BCUT2D eigenvalue weighted by molar-refractivity contribution is 6.43. The van der Waals surface area contributed by atoms with E-state index in [1.807, 2.05) is 117 Å². The summed E-state index contributed by atoms with van der Waals surface area (Å²) < 4.78 is 46.1. The molecule has 3 aliphatic rings. The summed E-state index contributed by atoms with van der Waals surface area (Å²) in [5.74, 6) is 4.13. The van der Waals surface area contributed by atoms with Gasteiger partial charge in [0.15, 0.2) is 0 Å². The average Bonchev–Trinajstić information content (AvgIpc) is 0.977. The third-order valence-electron chi connectivity index (χ3n) is 16.5. The molecule has 3 saturated heterocycles. The van der Waals surface area contributed by atoms with Crippen molar-refractivity contribution < 1.29 is 52.3 Å². The van der Waals surface area contributed by atoms with Gasteiger partial charge in [-0.1, -0.05) is 61.1 Å². The fourth-order valence-electron chi connectivity index (χ4n) is 11.1.